The van der Waals surface area contributed by atoms with Crippen LogP contribution in [0.3, 0.4) is 0 Å². The number of ether oxygens (including phenoxy) is 3. The zero-order chi connectivity index (χ0) is 30.4. The highest BCUT2D eigenvalue weighted by atomic mass is 16.6. The van der Waals surface area contributed by atoms with E-state index >= 15 is 0 Å². The van der Waals surface area contributed by atoms with Crippen LogP contribution in [0.5, 0.6) is 0 Å². The second-order valence-corrected chi connectivity index (χ2v) is 12.8. The van der Waals surface area contributed by atoms with Crippen molar-refractivity contribution >= 4 is 5.97 Å². The van der Waals surface area contributed by atoms with E-state index < -0.39 is 0 Å². The topological polar surface area (TPSA) is 48.0 Å². The highest BCUT2D eigenvalue weighted by molar-refractivity contribution is 5.69. The molecular weight excluding hydrogens is 524 g/mol. The van der Waals surface area contributed by atoms with Crippen molar-refractivity contribution in [3.63, 3.8) is 0 Å². The first-order valence-electron chi connectivity index (χ1n) is 18.1. The van der Waals surface area contributed by atoms with Gasteiger partial charge in [0, 0.05) is 26.2 Å². The number of nitrogens with zero attached hydrogens (tertiary/aromatic N) is 2. The van der Waals surface area contributed by atoms with Crippen LogP contribution in [-0.2, 0) is 19.0 Å². The van der Waals surface area contributed by atoms with Gasteiger partial charge in [-0.2, -0.15) is 0 Å². The summed E-state index contributed by atoms with van der Waals surface area (Å²) in [6, 6.07) is 0. The molecule has 1 fully saturated rings. The standard InChI is InChI=1S/C36H71N2O4/c1-4-6-8-10-11-12-13-14-15-16-17-18-19-20-21-23-31-40-32-33-41-34-35-42-36(39)24-25-37-26-29-38(3,30-27-37)28-22-9-7-5-2/h14-15H,4-13,16-35H2,1-3H3/q+1. The monoisotopic (exact) mass is 596 g/mol. The van der Waals surface area contributed by atoms with Gasteiger partial charge in [-0.1, -0.05) is 96.6 Å². The van der Waals surface area contributed by atoms with Crippen LogP contribution in [0.4, 0.5) is 0 Å². The third-order valence-electron chi connectivity index (χ3n) is 8.76. The van der Waals surface area contributed by atoms with Crippen molar-refractivity contribution < 1.29 is 23.5 Å². The molecule has 1 aliphatic heterocycles. The molecule has 1 heterocycles. The molecule has 0 amide bonds. The Morgan fingerprint density at radius 3 is 1.76 bits per heavy atom. The quantitative estimate of drug-likeness (QED) is 0.0362. The van der Waals surface area contributed by atoms with E-state index in [0.717, 1.165) is 32.7 Å². The SMILES string of the molecule is CCCCCCCCC=CCCCCCCCCOCCOCCOC(=O)CCN1CC[N+](C)(CCCCCC)CC1. The maximum absolute atomic E-state index is 12.1. The minimum atomic E-state index is -0.114. The third-order valence-corrected chi connectivity index (χ3v) is 8.76. The molecule has 6 heteroatoms. The molecule has 0 radical (unpaired) electrons. The summed E-state index contributed by atoms with van der Waals surface area (Å²) in [6.45, 7) is 14.0. The summed E-state index contributed by atoms with van der Waals surface area (Å²) in [6.07, 6.45) is 29.1. The van der Waals surface area contributed by atoms with Crippen molar-refractivity contribution in [2.75, 3.05) is 79.4 Å². The lowest BCUT2D eigenvalue weighted by Crippen LogP contribution is -2.57. The van der Waals surface area contributed by atoms with Crippen molar-refractivity contribution in [3.05, 3.63) is 12.2 Å². The van der Waals surface area contributed by atoms with Crippen LogP contribution in [0.25, 0.3) is 0 Å². The highest BCUT2D eigenvalue weighted by Gasteiger charge is 2.28. The number of allylic oxidation sites excluding steroid dienone is 2. The van der Waals surface area contributed by atoms with Crippen molar-refractivity contribution in [3.8, 4) is 0 Å². The Hall–Kier alpha value is -0.950. The van der Waals surface area contributed by atoms with Crippen LogP contribution >= 0.6 is 0 Å². The average Bonchev–Trinajstić information content (AvgIpc) is 2.99. The summed E-state index contributed by atoms with van der Waals surface area (Å²) in [5.41, 5.74) is 0. The number of hydrogen-bond acceptors (Lipinski definition) is 5. The fourth-order valence-electron chi connectivity index (χ4n) is 5.67. The summed E-state index contributed by atoms with van der Waals surface area (Å²) in [5, 5.41) is 0. The second-order valence-electron chi connectivity index (χ2n) is 12.8. The lowest BCUT2D eigenvalue weighted by Gasteiger charge is -2.42. The molecule has 0 aromatic heterocycles. The van der Waals surface area contributed by atoms with Crippen molar-refractivity contribution in [1.82, 2.24) is 4.90 Å². The van der Waals surface area contributed by atoms with Gasteiger partial charge in [-0.3, -0.25) is 9.69 Å². The minimum absolute atomic E-state index is 0.114. The number of piperazine rings is 1. The molecule has 0 unspecified atom stereocenters. The lowest BCUT2D eigenvalue weighted by molar-refractivity contribution is -0.913. The Morgan fingerprint density at radius 2 is 1.14 bits per heavy atom. The van der Waals surface area contributed by atoms with E-state index in [9.17, 15) is 4.79 Å². The predicted molar refractivity (Wildman–Crippen MR) is 178 cm³/mol. The molecule has 1 rings (SSSR count). The Morgan fingerprint density at radius 1 is 0.643 bits per heavy atom. The van der Waals surface area contributed by atoms with Crippen LogP contribution in [0.1, 0.15) is 136 Å². The molecule has 42 heavy (non-hydrogen) atoms. The fraction of sp³-hybridized carbons (Fsp3) is 0.917. The molecule has 0 aromatic rings. The van der Waals surface area contributed by atoms with E-state index in [1.54, 1.807) is 0 Å². The minimum Gasteiger partial charge on any atom is -0.463 e. The second kappa shape index (κ2) is 28.8. The molecule has 0 spiro atoms. The highest BCUT2D eigenvalue weighted by Crippen LogP contribution is 2.14. The molecule has 0 saturated carbocycles. The number of quaternary nitrogens is 1. The number of esters is 1. The number of likely N-dealkylation sites (N-methyl/N-ethyl adjacent to an activating group) is 1. The maximum Gasteiger partial charge on any atom is 0.307 e. The van der Waals surface area contributed by atoms with E-state index in [1.165, 1.54) is 133 Å². The lowest BCUT2D eigenvalue weighted by atomic mass is 10.1. The number of carbonyl (C=O) groups excluding carboxylic acids is 1. The predicted octanol–water partition coefficient (Wildman–Crippen LogP) is 8.33. The fourth-order valence-corrected chi connectivity index (χ4v) is 5.67. The third kappa shape index (κ3) is 24.5. The van der Waals surface area contributed by atoms with Crippen LogP contribution in [-0.4, -0.2) is 94.7 Å². The van der Waals surface area contributed by atoms with Gasteiger partial charge in [-0.05, 0) is 44.9 Å². The van der Waals surface area contributed by atoms with Crippen LogP contribution in [0, 0.1) is 0 Å². The number of hydrogen-bond donors (Lipinski definition) is 0. The Labute approximate surface area is 261 Å². The van der Waals surface area contributed by atoms with Crippen molar-refractivity contribution in [2.45, 2.75) is 136 Å². The normalized spacial score (nSPS) is 15.5. The molecule has 0 aliphatic carbocycles. The summed E-state index contributed by atoms with van der Waals surface area (Å²) < 4.78 is 17.8. The van der Waals surface area contributed by atoms with Crippen LogP contribution in [0.15, 0.2) is 12.2 Å². The molecule has 6 nitrogen and oxygen atoms in total. The summed E-state index contributed by atoms with van der Waals surface area (Å²) >= 11 is 0. The summed E-state index contributed by atoms with van der Waals surface area (Å²) in [7, 11) is 2.39. The zero-order valence-electron chi connectivity index (χ0n) is 28.4. The van der Waals surface area contributed by atoms with Gasteiger partial charge in [0.05, 0.1) is 52.9 Å². The summed E-state index contributed by atoms with van der Waals surface area (Å²) in [5.74, 6) is -0.114. The molecule has 1 saturated heterocycles. The van der Waals surface area contributed by atoms with E-state index in [-0.39, 0.29) is 5.97 Å². The van der Waals surface area contributed by atoms with Gasteiger partial charge in [0.1, 0.15) is 6.61 Å². The zero-order valence-corrected chi connectivity index (χ0v) is 28.4. The number of carbonyl (C=O) groups is 1. The molecular formula is C36H71N2O4+. The van der Waals surface area contributed by atoms with Gasteiger partial charge < -0.3 is 18.7 Å². The van der Waals surface area contributed by atoms with Gasteiger partial charge in [-0.15, -0.1) is 0 Å². The van der Waals surface area contributed by atoms with Gasteiger partial charge >= 0.3 is 5.97 Å². The molecule has 0 atom stereocenters. The van der Waals surface area contributed by atoms with E-state index in [1.807, 2.05) is 0 Å². The summed E-state index contributed by atoms with van der Waals surface area (Å²) in [4.78, 5) is 14.5. The smallest absolute Gasteiger partial charge is 0.307 e. The average molecular weight is 596 g/mol. The van der Waals surface area contributed by atoms with Gasteiger partial charge in [0.2, 0.25) is 0 Å². The molecule has 0 bridgehead atoms. The number of rotatable bonds is 30. The van der Waals surface area contributed by atoms with Gasteiger partial charge in [0.15, 0.2) is 0 Å². The van der Waals surface area contributed by atoms with Crippen molar-refractivity contribution in [1.29, 1.82) is 0 Å². The van der Waals surface area contributed by atoms with E-state index in [0.29, 0.717) is 32.8 Å². The number of unbranched alkanes of at least 4 members (excludes halogenated alkanes) is 15. The molecule has 0 N–H and O–H groups in total. The first-order valence-corrected chi connectivity index (χ1v) is 18.1. The largest absolute Gasteiger partial charge is 0.463 e. The Balaban J connectivity index is 1.78. The van der Waals surface area contributed by atoms with E-state index in [2.05, 4.69) is 37.9 Å². The van der Waals surface area contributed by atoms with Gasteiger partial charge in [0.25, 0.3) is 0 Å². The van der Waals surface area contributed by atoms with Crippen molar-refractivity contribution in [2.24, 2.45) is 0 Å². The molecule has 248 valence electrons. The molecule has 1 aliphatic rings. The first kappa shape index (κ1) is 39.1. The Bertz CT molecular complexity index is 620. The van der Waals surface area contributed by atoms with Gasteiger partial charge in [-0.25, -0.2) is 0 Å². The molecule has 0 aromatic carbocycles. The van der Waals surface area contributed by atoms with E-state index in [4.69, 9.17) is 14.2 Å². The first-order chi connectivity index (χ1) is 20.6. The Kier molecular flexibility index (Phi) is 26.8. The van der Waals surface area contributed by atoms with Crippen LogP contribution < -0.4 is 0 Å². The van der Waals surface area contributed by atoms with Crippen LogP contribution in [0.2, 0.25) is 0 Å². The maximum atomic E-state index is 12.1.